The molecule has 92 valence electrons. The lowest BCUT2D eigenvalue weighted by Crippen LogP contribution is -2.49. The molecule has 1 amide bonds. The van der Waals surface area contributed by atoms with Crippen LogP contribution in [-0.2, 0) is 0 Å². The molecule has 0 bridgehead atoms. The monoisotopic (exact) mass is 288 g/mol. The van der Waals surface area contributed by atoms with Crippen LogP contribution in [0, 0.1) is 0 Å². The lowest BCUT2D eigenvalue weighted by atomic mass is 10.0. The van der Waals surface area contributed by atoms with Crippen LogP contribution >= 0.6 is 35.2 Å². The second kappa shape index (κ2) is 5.33. The zero-order valence-electron chi connectivity index (χ0n) is 9.19. The molecule has 1 aromatic heterocycles. The molecule has 17 heavy (non-hydrogen) atoms. The summed E-state index contributed by atoms with van der Waals surface area (Å²) in [6.45, 7) is 0.719. The minimum absolute atomic E-state index is 0.0144. The lowest BCUT2D eigenvalue weighted by molar-refractivity contribution is 0.0686. The van der Waals surface area contributed by atoms with Gasteiger partial charge in [0.1, 0.15) is 0 Å². The van der Waals surface area contributed by atoms with Crippen LogP contribution in [0.3, 0.4) is 0 Å². The van der Waals surface area contributed by atoms with Gasteiger partial charge in [0.2, 0.25) is 0 Å². The van der Waals surface area contributed by atoms with E-state index in [9.17, 15) is 4.79 Å². The average Bonchev–Trinajstić information content (AvgIpc) is 2.75. The first kappa shape index (κ1) is 12.8. The van der Waals surface area contributed by atoms with Gasteiger partial charge in [-0.05, 0) is 31.4 Å². The van der Waals surface area contributed by atoms with Crippen LogP contribution in [0.25, 0.3) is 0 Å². The highest BCUT2D eigenvalue weighted by molar-refractivity contribution is 7.80. The Morgan fingerprint density at radius 2 is 2.29 bits per heavy atom. The summed E-state index contributed by atoms with van der Waals surface area (Å²) in [6.07, 6.45) is 2.93. The second-order valence-corrected chi connectivity index (χ2v) is 6.20. The number of thiophene rings is 1. The van der Waals surface area contributed by atoms with E-state index in [1.54, 1.807) is 17.0 Å². The Bertz CT molecular complexity index is 446. The molecule has 1 unspecified atom stereocenters. The van der Waals surface area contributed by atoms with E-state index in [1.807, 2.05) is 0 Å². The van der Waals surface area contributed by atoms with Crippen LogP contribution in [0.4, 0.5) is 0 Å². The number of amides is 1. The molecule has 2 heterocycles. The molecule has 1 aliphatic heterocycles. The van der Waals surface area contributed by atoms with Gasteiger partial charge >= 0.3 is 0 Å². The van der Waals surface area contributed by atoms with Gasteiger partial charge in [-0.2, -0.15) is 0 Å². The van der Waals surface area contributed by atoms with Crippen LogP contribution < -0.4 is 5.73 Å². The fourth-order valence-corrected chi connectivity index (χ4v) is 3.29. The van der Waals surface area contributed by atoms with E-state index < -0.39 is 0 Å². The fraction of sp³-hybridized carbons (Fsp3) is 0.455. The van der Waals surface area contributed by atoms with Crippen LogP contribution in [0.5, 0.6) is 0 Å². The standard InChI is InChI=1S/C11H13ClN2OS2/c12-9-5-4-8(17-9)11(15)14-6-2-1-3-7(14)10(13)16/h4-5,7H,1-3,6H2,(H2,13,16). The highest BCUT2D eigenvalue weighted by atomic mass is 35.5. The third-order valence-electron chi connectivity index (χ3n) is 2.88. The smallest absolute Gasteiger partial charge is 0.264 e. The molecule has 1 aliphatic rings. The largest absolute Gasteiger partial charge is 0.392 e. The molecule has 2 rings (SSSR count). The zero-order chi connectivity index (χ0) is 12.4. The average molecular weight is 289 g/mol. The highest BCUT2D eigenvalue weighted by Gasteiger charge is 2.29. The molecule has 1 atom stereocenters. The minimum atomic E-state index is -0.105. The van der Waals surface area contributed by atoms with Gasteiger partial charge < -0.3 is 10.6 Å². The zero-order valence-corrected chi connectivity index (χ0v) is 11.6. The molecule has 2 N–H and O–H groups in total. The molecule has 0 aliphatic carbocycles. The molecule has 1 aromatic rings. The van der Waals surface area contributed by atoms with E-state index in [4.69, 9.17) is 29.6 Å². The third-order valence-corrected chi connectivity index (χ3v) is 4.37. The number of likely N-dealkylation sites (tertiary alicyclic amines) is 1. The van der Waals surface area contributed by atoms with Crippen molar-refractivity contribution in [2.75, 3.05) is 6.54 Å². The number of nitrogens with zero attached hydrogens (tertiary/aromatic N) is 1. The Morgan fingerprint density at radius 3 is 2.88 bits per heavy atom. The molecular weight excluding hydrogens is 276 g/mol. The van der Waals surface area contributed by atoms with E-state index in [1.165, 1.54) is 11.3 Å². The first-order valence-corrected chi connectivity index (χ1v) is 7.05. The number of carbonyl (C=O) groups is 1. The quantitative estimate of drug-likeness (QED) is 0.851. The van der Waals surface area contributed by atoms with Gasteiger partial charge in [-0.25, -0.2) is 0 Å². The topological polar surface area (TPSA) is 46.3 Å². The van der Waals surface area contributed by atoms with Crippen molar-refractivity contribution in [2.24, 2.45) is 5.73 Å². The van der Waals surface area contributed by atoms with E-state index in [0.717, 1.165) is 25.8 Å². The number of halogens is 1. The predicted octanol–water partition coefficient (Wildman–Crippen LogP) is 2.68. The van der Waals surface area contributed by atoms with Crippen LogP contribution in [0.15, 0.2) is 12.1 Å². The van der Waals surface area contributed by atoms with E-state index in [2.05, 4.69) is 0 Å². The van der Waals surface area contributed by atoms with Crippen LogP contribution in [0.2, 0.25) is 4.34 Å². The van der Waals surface area contributed by atoms with Crippen molar-refractivity contribution in [1.82, 2.24) is 4.90 Å². The lowest BCUT2D eigenvalue weighted by Gasteiger charge is -2.34. The summed E-state index contributed by atoms with van der Waals surface area (Å²) < 4.78 is 0.622. The maximum atomic E-state index is 12.3. The maximum absolute atomic E-state index is 12.3. The molecule has 0 spiro atoms. The summed E-state index contributed by atoms with van der Waals surface area (Å²) in [6, 6.07) is 3.38. The summed E-state index contributed by atoms with van der Waals surface area (Å²) >= 11 is 12.2. The van der Waals surface area contributed by atoms with Crippen molar-refractivity contribution in [3.63, 3.8) is 0 Å². The summed E-state index contributed by atoms with van der Waals surface area (Å²) in [5.41, 5.74) is 5.69. The van der Waals surface area contributed by atoms with E-state index in [-0.39, 0.29) is 11.9 Å². The number of nitrogens with two attached hydrogens (primary N) is 1. The van der Waals surface area contributed by atoms with Gasteiger partial charge in [0.25, 0.3) is 5.91 Å². The fourth-order valence-electron chi connectivity index (χ4n) is 2.04. The molecule has 3 nitrogen and oxygen atoms in total. The van der Waals surface area contributed by atoms with Crippen molar-refractivity contribution in [1.29, 1.82) is 0 Å². The summed E-state index contributed by atoms with van der Waals surface area (Å²) in [4.78, 5) is 15.1. The molecule has 0 radical (unpaired) electrons. The first-order valence-electron chi connectivity index (χ1n) is 5.45. The summed E-state index contributed by atoms with van der Waals surface area (Å²) in [5, 5.41) is 0. The molecular formula is C11H13ClN2OS2. The number of thiocarbonyl (C=S) groups is 1. The molecule has 1 saturated heterocycles. The van der Waals surface area contributed by atoms with Crippen molar-refractivity contribution in [3.8, 4) is 0 Å². The summed E-state index contributed by atoms with van der Waals surface area (Å²) in [5.74, 6) is -0.0144. The Balaban J connectivity index is 2.19. The van der Waals surface area contributed by atoms with Crippen molar-refractivity contribution < 1.29 is 4.79 Å². The SMILES string of the molecule is NC(=S)C1CCCCN1C(=O)c1ccc(Cl)s1. The number of rotatable bonds is 2. The van der Waals surface area contributed by atoms with E-state index >= 15 is 0 Å². The number of hydrogen-bond acceptors (Lipinski definition) is 3. The van der Waals surface area contributed by atoms with Gasteiger partial charge in [-0.1, -0.05) is 23.8 Å². The minimum Gasteiger partial charge on any atom is -0.392 e. The van der Waals surface area contributed by atoms with Gasteiger partial charge in [-0.3, -0.25) is 4.79 Å². The molecule has 6 heteroatoms. The Labute approximate surface area is 115 Å². The predicted molar refractivity (Wildman–Crippen MR) is 74.8 cm³/mol. The Kier molecular flexibility index (Phi) is 4.01. The Morgan fingerprint density at radius 1 is 1.53 bits per heavy atom. The van der Waals surface area contributed by atoms with Crippen molar-refractivity contribution >= 4 is 46.1 Å². The number of piperidine rings is 1. The highest BCUT2D eigenvalue weighted by Crippen LogP contribution is 2.26. The maximum Gasteiger partial charge on any atom is 0.264 e. The van der Waals surface area contributed by atoms with Gasteiger partial charge in [0, 0.05) is 6.54 Å². The second-order valence-electron chi connectivity index (χ2n) is 4.02. The molecule has 0 saturated carbocycles. The van der Waals surface area contributed by atoms with Crippen molar-refractivity contribution in [2.45, 2.75) is 25.3 Å². The third kappa shape index (κ3) is 2.78. The van der Waals surface area contributed by atoms with Crippen molar-refractivity contribution in [3.05, 3.63) is 21.3 Å². The van der Waals surface area contributed by atoms with Crippen LogP contribution in [0.1, 0.15) is 28.9 Å². The number of carbonyl (C=O) groups excluding carboxylic acids is 1. The molecule has 1 fully saturated rings. The number of hydrogen-bond donors (Lipinski definition) is 1. The summed E-state index contributed by atoms with van der Waals surface area (Å²) in [7, 11) is 0. The van der Waals surface area contributed by atoms with E-state index in [0.29, 0.717) is 14.2 Å². The van der Waals surface area contributed by atoms with Crippen LogP contribution in [-0.4, -0.2) is 28.4 Å². The van der Waals surface area contributed by atoms with Gasteiger partial charge in [-0.15, -0.1) is 11.3 Å². The Hall–Kier alpha value is -0.650. The molecule has 0 aromatic carbocycles. The van der Waals surface area contributed by atoms with Gasteiger partial charge in [0.15, 0.2) is 0 Å². The normalized spacial score (nSPS) is 20.3. The first-order chi connectivity index (χ1) is 8.09. The van der Waals surface area contributed by atoms with Gasteiger partial charge in [0.05, 0.1) is 20.2 Å².